The maximum atomic E-state index is 11.3. The third-order valence-corrected chi connectivity index (χ3v) is 9.76. The van der Waals surface area contributed by atoms with Gasteiger partial charge in [-0.05, 0) is 18.8 Å². The maximum absolute atomic E-state index is 11.3. The van der Waals surface area contributed by atoms with Crippen LogP contribution in [-0.2, 0) is 14.6 Å². The van der Waals surface area contributed by atoms with Gasteiger partial charge in [-0.1, -0.05) is 213 Å². The average Bonchev–Trinajstić information content (AvgIpc) is 2.96. The number of rotatable bonds is 35. The van der Waals surface area contributed by atoms with Crippen molar-refractivity contribution in [1.29, 1.82) is 0 Å². The molecule has 0 fully saturated rings. The van der Waals surface area contributed by atoms with Gasteiger partial charge >= 0.3 is 10.4 Å². The number of hydrogen-bond donors (Lipinski definition) is 1. The molecule has 0 amide bonds. The Morgan fingerprint density at radius 1 is 0.452 bits per heavy atom. The van der Waals surface area contributed by atoms with E-state index >= 15 is 0 Å². The van der Waals surface area contributed by atoms with E-state index in [0.717, 1.165) is 19.3 Å². The second-order valence-corrected chi connectivity index (χ2v) is 14.5. The summed E-state index contributed by atoms with van der Waals surface area (Å²) < 4.78 is 36.8. The summed E-state index contributed by atoms with van der Waals surface area (Å²) in [5, 5.41) is 0. The molecule has 0 aromatic rings. The van der Waals surface area contributed by atoms with Crippen molar-refractivity contribution in [2.45, 2.75) is 232 Å². The first-order valence-electron chi connectivity index (χ1n) is 19.1. The Kier molecular flexibility index (Phi) is 32.2. The third kappa shape index (κ3) is 32.8. The predicted octanol–water partition coefficient (Wildman–Crippen LogP) is 13.3. The molecule has 0 radical (unpaired) electrons. The second kappa shape index (κ2) is 32.3. The van der Waals surface area contributed by atoms with Crippen molar-refractivity contribution in [2.24, 2.45) is 5.92 Å². The SMILES string of the molecule is CCCCCCCCCCCCCCCCC(CCCCCCCCCCCCCCCC)CC(CC)OS(=O)(=O)O. The summed E-state index contributed by atoms with van der Waals surface area (Å²) in [6.45, 7) is 6.51. The Morgan fingerprint density at radius 3 is 0.952 bits per heavy atom. The molecule has 0 aromatic heterocycles. The summed E-state index contributed by atoms with van der Waals surface area (Å²) in [6.07, 6.45) is 41.6. The zero-order valence-electron chi connectivity index (χ0n) is 28.9. The summed E-state index contributed by atoms with van der Waals surface area (Å²) in [5.74, 6) is 0.492. The van der Waals surface area contributed by atoms with Crippen LogP contribution in [0, 0.1) is 5.92 Å². The lowest BCUT2D eigenvalue weighted by Gasteiger charge is -2.22. The molecule has 1 unspecified atom stereocenters. The van der Waals surface area contributed by atoms with Gasteiger partial charge in [0.25, 0.3) is 0 Å². The monoisotopic (exact) mass is 617 g/mol. The minimum Gasteiger partial charge on any atom is -0.264 e. The molecule has 0 aromatic carbocycles. The van der Waals surface area contributed by atoms with Gasteiger partial charge in [-0.15, -0.1) is 0 Å². The molecule has 254 valence electrons. The van der Waals surface area contributed by atoms with Crippen molar-refractivity contribution in [2.75, 3.05) is 0 Å². The van der Waals surface area contributed by atoms with Crippen LogP contribution in [0.15, 0.2) is 0 Å². The zero-order valence-corrected chi connectivity index (χ0v) is 29.7. The van der Waals surface area contributed by atoms with Crippen LogP contribution in [0.5, 0.6) is 0 Å². The van der Waals surface area contributed by atoms with Crippen LogP contribution < -0.4 is 0 Å². The van der Waals surface area contributed by atoms with Gasteiger partial charge in [0.15, 0.2) is 0 Å². The third-order valence-electron chi connectivity index (χ3n) is 9.24. The van der Waals surface area contributed by atoms with Crippen LogP contribution in [0.2, 0.25) is 0 Å². The van der Waals surface area contributed by atoms with E-state index in [0.29, 0.717) is 12.3 Å². The highest BCUT2D eigenvalue weighted by atomic mass is 32.3. The van der Waals surface area contributed by atoms with Gasteiger partial charge in [0, 0.05) is 0 Å². The Bertz CT molecular complexity index is 589. The van der Waals surface area contributed by atoms with Crippen molar-refractivity contribution in [3.05, 3.63) is 0 Å². The van der Waals surface area contributed by atoms with E-state index < -0.39 is 16.5 Å². The van der Waals surface area contributed by atoms with Gasteiger partial charge in [0.05, 0.1) is 6.10 Å². The second-order valence-electron chi connectivity index (χ2n) is 13.4. The van der Waals surface area contributed by atoms with Crippen molar-refractivity contribution < 1.29 is 17.2 Å². The molecule has 0 heterocycles. The fourth-order valence-corrected chi connectivity index (χ4v) is 7.01. The van der Waals surface area contributed by atoms with Gasteiger partial charge < -0.3 is 0 Å². The smallest absolute Gasteiger partial charge is 0.264 e. The largest absolute Gasteiger partial charge is 0.397 e. The van der Waals surface area contributed by atoms with Crippen molar-refractivity contribution in [1.82, 2.24) is 0 Å². The van der Waals surface area contributed by atoms with Crippen LogP contribution in [0.1, 0.15) is 226 Å². The fraction of sp³-hybridized carbons (Fsp3) is 1.00. The molecular weight excluding hydrogens is 540 g/mol. The van der Waals surface area contributed by atoms with Gasteiger partial charge in [0.2, 0.25) is 0 Å². The quantitative estimate of drug-likeness (QED) is 0.0568. The first-order valence-corrected chi connectivity index (χ1v) is 20.4. The zero-order chi connectivity index (χ0) is 31.0. The van der Waals surface area contributed by atoms with Gasteiger partial charge in [0.1, 0.15) is 0 Å². The number of hydrogen-bond acceptors (Lipinski definition) is 3. The predicted molar refractivity (Wildman–Crippen MR) is 185 cm³/mol. The molecule has 1 N–H and O–H groups in total. The average molecular weight is 617 g/mol. The topological polar surface area (TPSA) is 63.6 Å². The summed E-state index contributed by atoms with van der Waals surface area (Å²) in [7, 11) is -4.38. The van der Waals surface area contributed by atoms with Crippen LogP contribution in [-0.4, -0.2) is 19.1 Å². The molecule has 42 heavy (non-hydrogen) atoms. The standard InChI is InChI=1S/C37H76O4S/c1-4-7-9-11-13-15-17-19-21-23-25-27-29-31-33-36(35-37(6-3)41-42(38,39)40)34-32-30-28-26-24-22-20-18-16-14-12-10-8-5-2/h36-37H,4-35H2,1-3H3,(H,38,39,40). The summed E-state index contributed by atoms with van der Waals surface area (Å²) >= 11 is 0. The molecular formula is C37H76O4S. The van der Waals surface area contributed by atoms with E-state index in [9.17, 15) is 13.0 Å². The Hall–Kier alpha value is -0.130. The fourth-order valence-electron chi connectivity index (χ4n) is 6.45. The van der Waals surface area contributed by atoms with E-state index in [1.165, 1.54) is 180 Å². The normalized spacial score (nSPS) is 12.9. The summed E-state index contributed by atoms with van der Waals surface area (Å²) in [4.78, 5) is 0. The highest BCUT2D eigenvalue weighted by Gasteiger charge is 2.20. The van der Waals surface area contributed by atoms with E-state index in [4.69, 9.17) is 4.18 Å². The van der Waals surface area contributed by atoms with Gasteiger partial charge in [-0.2, -0.15) is 8.42 Å². The Morgan fingerprint density at radius 2 is 0.714 bits per heavy atom. The highest BCUT2D eigenvalue weighted by molar-refractivity contribution is 7.80. The summed E-state index contributed by atoms with van der Waals surface area (Å²) in [6, 6.07) is 0. The molecule has 0 saturated carbocycles. The van der Waals surface area contributed by atoms with E-state index in [-0.39, 0.29) is 0 Å². The molecule has 0 aliphatic rings. The minimum atomic E-state index is -4.38. The van der Waals surface area contributed by atoms with Crippen molar-refractivity contribution >= 4 is 10.4 Å². The minimum absolute atomic E-state index is 0.400. The van der Waals surface area contributed by atoms with Crippen LogP contribution >= 0.6 is 0 Å². The molecule has 0 aliphatic heterocycles. The molecule has 0 rings (SSSR count). The van der Waals surface area contributed by atoms with Crippen LogP contribution in [0.3, 0.4) is 0 Å². The first kappa shape index (κ1) is 41.9. The lowest BCUT2D eigenvalue weighted by Crippen LogP contribution is -2.21. The maximum Gasteiger partial charge on any atom is 0.397 e. The highest BCUT2D eigenvalue weighted by Crippen LogP contribution is 2.26. The van der Waals surface area contributed by atoms with Crippen molar-refractivity contribution in [3.8, 4) is 0 Å². The Labute approximate surface area is 265 Å². The van der Waals surface area contributed by atoms with Gasteiger partial charge in [-0.25, -0.2) is 4.18 Å². The lowest BCUT2D eigenvalue weighted by atomic mass is 9.89. The molecule has 0 saturated heterocycles. The van der Waals surface area contributed by atoms with E-state index in [1.807, 2.05) is 6.92 Å². The van der Waals surface area contributed by atoms with Crippen molar-refractivity contribution in [3.63, 3.8) is 0 Å². The lowest BCUT2D eigenvalue weighted by molar-refractivity contribution is 0.142. The van der Waals surface area contributed by atoms with Gasteiger partial charge in [-0.3, -0.25) is 4.55 Å². The van der Waals surface area contributed by atoms with E-state index in [1.54, 1.807) is 0 Å². The van der Waals surface area contributed by atoms with Crippen LogP contribution in [0.4, 0.5) is 0 Å². The molecule has 5 heteroatoms. The molecule has 0 bridgehead atoms. The molecule has 1 atom stereocenters. The van der Waals surface area contributed by atoms with E-state index in [2.05, 4.69) is 13.8 Å². The number of unbranched alkanes of at least 4 members (excludes halogenated alkanes) is 26. The summed E-state index contributed by atoms with van der Waals surface area (Å²) in [5.41, 5.74) is 0. The Balaban J connectivity index is 3.99. The van der Waals surface area contributed by atoms with Crippen LogP contribution in [0.25, 0.3) is 0 Å². The first-order chi connectivity index (χ1) is 20.4. The molecule has 0 spiro atoms. The molecule has 4 nitrogen and oxygen atoms in total. The molecule has 0 aliphatic carbocycles.